The van der Waals surface area contributed by atoms with E-state index in [2.05, 4.69) is 0 Å². The second kappa shape index (κ2) is 10.6. The number of imide groups is 1. The number of aryl methyl sites for hydroxylation is 1. The highest BCUT2D eigenvalue weighted by atomic mass is 16.2. The number of rotatable bonds is 8. The van der Waals surface area contributed by atoms with Crippen LogP contribution in [0.1, 0.15) is 43.0 Å². The first kappa shape index (κ1) is 24.2. The zero-order valence-electron chi connectivity index (χ0n) is 20.7. The molecule has 0 aliphatic carbocycles. The summed E-state index contributed by atoms with van der Waals surface area (Å²) in [5.41, 5.74) is 4.62. The molecule has 4 aromatic rings. The molecule has 0 bridgehead atoms. The first-order valence-electron chi connectivity index (χ1n) is 12.4. The van der Waals surface area contributed by atoms with E-state index in [1.165, 1.54) is 0 Å². The number of benzene rings is 4. The van der Waals surface area contributed by atoms with Gasteiger partial charge in [0.1, 0.15) is 6.04 Å². The van der Waals surface area contributed by atoms with E-state index in [9.17, 15) is 14.4 Å². The van der Waals surface area contributed by atoms with Crippen LogP contribution in [0, 0.1) is 6.92 Å². The SMILES string of the molecule is Cc1ccc(CC(C(=O)N(Cc2ccccc2)Cc2ccccc2)N2C(=O)c3ccccc3C2=O)cc1. The summed E-state index contributed by atoms with van der Waals surface area (Å²) >= 11 is 0. The molecule has 0 saturated heterocycles. The lowest BCUT2D eigenvalue weighted by atomic mass is 10.0. The normalized spacial score (nSPS) is 13.4. The van der Waals surface area contributed by atoms with Crippen molar-refractivity contribution in [3.05, 3.63) is 143 Å². The molecule has 1 aliphatic rings. The van der Waals surface area contributed by atoms with Crippen LogP contribution in [0.5, 0.6) is 0 Å². The molecule has 4 aromatic carbocycles. The molecule has 0 radical (unpaired) electrons. The second-order valence-corrected chi connectivity index (χ2v) is 9.40. The van der Waals surface area contributed by atoms with Gasteiger partial charge in [0.2, 0.25) is 5.91 Å². The van der Waals surface area contributed by atoms with E-state index in [4.69, 9.17) is 0 Å². The first-order chi connectivity index (χ1) is 18.0. The van der Waals surface area contributed by atoms with Crippen molar-refractivity contribution in [1.82, 2.24) is 9.80 Å². The van der Waals surface area contributed by atoms with E-state index in [1.54, 1.807) is 29.2 Å². The molecule has 0 saturated carbocycles. The summed E-state index contributed by atoms with van der Waals surface area (Å²) in [5, 5.41) is 0. The minimum absolute atomic E-state index is 0.241. The lowest BCUT2D eigenvalue weighted by Crippen LogP contribution is -2.51. The fraction of sp³-hybridized carbons (Fsp3) is 0.156. The molecule has 1 atom stereocenters. The Morgan fingerprint density at radius 1 is 0.649 bits per heavy atom. The summed E-state index contributed by atoms with van der Waals surface area (Å²) in [7, 11) is 0. The highest BCUT2D eigenvalue weighted by molar-refractivity contribution is 6.22. The smallest absolute Gasteiger partial charge is 0.262 e. The quantitative estimate of drug-likeness (QED) is 0.311. The van der Waals surface area contributed by atoms with E-state index >= 15 is 0 Å². The Balaban J connectivity index is 1.53. The van der Waals surface area contributed by atoms with Crippen molar-refractivity contribution in [3.8, 4) is 0 Å². The molecule has 0 fully saturated rings. The molecule has 5 nitrogen and oxygen atoms in total. The molecule has 1 aliphatic heterocycles. The highest BCUT2D eigenvalue weighted by Gasteiger charge is 2.43. The fourth-order valence-corrected chi connectivity index (χ4v) is 4.76. The van der Waals surface area contributed by atoms with Crippen LogP contribution in [0.3, 0.4) is 0 Å². The molecule has 37 heavy (non-hydrogen) atoms. The minimum atomic E-state index is -0.970. The molecule has 5 rings (SSSR count). The Kier molecular flexibility index (Phi) is 6.95. The van der Waals surface area contributed by atoms with E-state index in [-0.39, 0.29) is 12.3 Å². The summed E-state index contributed by atoms with van der Waals surface area (Å²) in [6, 6.07) is 33.2. The predicted octanol–water partition coefficient (Wildman–Crippen LogP) is 5.43. The van der Waals surface area contributed by atoms with Gasteiger partial charge in [-0.1, -0.05) is 103 Å². The molecule has 0 N–H and O–H groups in total. The maximum Gasteiger partial charge on any atom is 0.262 e. The number of hydrogen-bond acceptors (Lipinski definition) is 3. The van der Waals surface area contributed by atoms with Crippen molar-refractivity contribution in [2.75, 3.05) is 0 Å². The van der Waals surface area contributed by atoms with Gasteiger partial charge in [0.25, 0.3) is 11.8 Å². The zero-order chi connectivity index (χ0) is 25.8. The largest absolute Gasteiger partial charge is 0.332 e. The van der Waals surface area contributed by atoms with E-state index in [0.29, 0.717) is 24.2 Å². The van der Waals surface area contributed by atoms with Crippen LogP contribution in [0.4, 0.5) is 0 Å². The maximum absolute atomic E-state index is 14.3. The summed E-state index contributed by atoms with van der Waals surface area (Å²) < 4.78 is 0. The number of amides is 3. The van der Waals surface area contributed by atoms with Gasteiger partial charge in [-0.3, -0.25) is 19.3 Å². The van der Waals surface area contributed by atoms with E-state index in [1.807, 2.05) is 91.9 Å². The van der Waals surface area contributed by atoms with Crippen LogP contribution in [0.25, 0.3) is 0 Å². The summed E-state index contributed by atoms with van der Waals surface area (Å²) in [5.74, 6) is -1.11. The van der Waals surface area contributed by atoms with Crippen molar-refractivity contribution < 1.29 is 14.4 Å². The van der Waals surface area contributed by atoms with Crippen LogP contribution in [0.15, 0.2) is 109 Å². The third kappa shape index (κ3) is 5.21. The monoisotopic (exact) mass is 488 g/mol. The predicted molar refractivity (Wildman–Crippen MR) is 143 cm³/mol. The average molecular weight is 489 g/mol. The van der Waals surface area contributed by atoms with Gasteiger partial charge in [0.05, 0.1) is 11.1 Å². The topological polar surface area (TPSA) is 57.7 Å². The van der Waals surface area contributed by atoms with Crippen molar-refractivity contribution in [2.45, 2.75) is 32.5 Å². The van der Waals surface area contributed by atoms with Gasteiger partial charge in [0.15, 0.2) is 0 Å². The molecule has 3 amide bonds. The molecule has 1 unspecified atom stereocenters. The van der Waals surface area contributed by atoms with Crippen molar-refractivity contribution in [2.24, 2.45) is 0 Å². The molecule has 1 heterocycles. The lowest BCUT2D eigenvalue weighted by molar-refractivity contribution is -0.136. The van der Waals surface area contributed by atoms with E-state index in [0.717, 1.165) is 27.2 Å². The van der Waals surface area contributed by atoms with Crippen LogP contribution in [-0.2, 0) is 24.3 Å². The molecular formula is C32H28N2O3. The van der Waals surface area contributed by atoms with Crippen LogP contribution >= 0.6 is 0 Å². The molecule has 0 aromatic heterocycles. The van der Waals surface area contributed by atoms with E-state index < -0.39 is 17.9 Å². The van der Waals surface area contributed by atoms with Crippen molar-refractivity contribution in [3.63, 3.8) is 0 Å². The first-order valence-corrected chi connectivity index (χ1v) is 12.4. The molecular weight excluding hydrogens is 460 g/mol. The van der Waals surface area contributed by atoms with Crippen LogP contribution < -0.4 is 0 Å². The third-order valence-electron chi connectivity index (χ3n) is 6.72. The van der Waals surface area contributed by atoms with Crippen LogP contribution in [-0.4, -0.2) is 33.6 Å². The highest BCUT2D eigenvalue weighted by Crippen LogP contribution is 2.28. The number of hydrogen-bond donors (Lipinski definition) is 0. The van der Waals surface area contributed by atoms with Gasteiger partial charge >= 0.3 is 0 Å². The second-order valence-electron chi connectivity index (χ2n) is 9.40. The number of carbonyl (C=O) groups is 3. The Labute approximate surface area is 217 Å². The van der Waals surface area contributed by atoms with Gasteiger partial charge in [0, 0.05) is 19.5 Å². The van der Waals surface area contributed by atoms with Crippen molar-refractivity contribution >= 4 is 17.7 Å². The summed E-state index contributed by atoms with van der Waals surface area (Å²) in [4.78, 5) is 44.2. The lowest BCUT2D eigenvalue weighted by Gasteiger charge is -2.32. The van der Waals surface area contributed by atoms with Crippen molar-refractivity contribution in [1.29, 1.82) is 0 Å². The number of fused-ring (bicyclic) bond motifs is 1. The third-order valence-corrected chi connectivity index (χ3v) is 6.72. The fourth-order valence-electron chi connectivity index (χ4n) is 4.76. The molecule has 0 spiro atoms. The Hall–Kier alpha value is -4.51. The average Bonchev–Trinajstić information content (AvgIpc) is 3.18. The summed E-state index contributed by atoms with van der Waals surface area (Å²) in [6.45, 7) is 2.72. The van der Waals surface area contributed by atoms with Gasteiger partial charge in [-0.2, -0.15) is 0 Å². The number of nitrogens with zero attached hydrogens (tertiary/aromatic N) is 2. The van der Waals surface area contributed by atoms with Gasteiger partial charge in [-0.15, -0.1) is 0 Å². The van der Waals surface area contributed by atoms with Crippen LogP contribution in [0.2, 0.25) is 0 Å². The number of carbonyl (C=O) groups excluding carboxylic acids is 3. The molecule has 5 heteroatoms. The Morgan fingerprint density at radius 3 is 1.59 bits per heavy atom. The minimum Gasteiger partial charge on any atom is -0.332 e. The Bertz CT molecular complexity index is 1340. The Morgan fingerprint density at radius 2 is 1.11 bits per heavy atom. The summed E-state index contributed by atoms with van der Waals surface area (Å²) in [6.07, 6.45) is 0.241. The molecule has 184 valence electrons. The standard InChI is InChI=1S/C32H28N2O3/c1-23-16-18-24(19-17-23)20-29(34-30(35)27-14-8-9-15-28(27)31(34)36)32(37)33(21-25-10-4-2-5-11-25)22-26-12-6-3-7-13-26/h2-19,29H,20-22H2,1H3. The maximum atomic E-state index is 14.3. The van der Waals surface area contributed by atoms with Gasteiger partial charge in [-0.05, 0) is 35.7 Å². The van der Waals surface area contributed by atoms with Gasteiger partial charge < -0.3 is 4.90 Å². The zero-order valence-corrected chi connectivity index (χ0v) is 20.7. The van der Waals surface area contributed by atoms with Gasteiger partial charge in [-0.25, -0.2) is 0 Å².